The molecular weight excluding hydrogens is 384 g/mol. The quantitative estimate of drug-likeness (QED) is 0.841. The molecule has 7 nitrogen and oxygen atoms in total. The molecule has 0 aromatic heterocycles. The van der Waals surface area contributed by atoms with Gasteiger partial charge in [0.15, 0.2) is 12.4 Å². The first kappa shape index (κ1) is 19.9. The third-order valence-electron chi connectivity index (χ3n) is 5.61. The zero-order valence-electron chi connectivity index (χ0n) is 16.8. The van der Waals surface area contributed by atoms with Gasteiger partial charge >= 0.3 is 0 Å². The number of hydrogen-bond donors (Lipinski definition) is 1. The second kappa shape index (κ2) is 8.18. The number of likely N-dealkylation sites (tertiary alicyclic amines) is 1. The van der Waals surface area contributed by atoms with Crippen molar-refractivity contribution in [2.24, 2.45) is 0 Å². The average Bonchev–Trinajstić information content (AvgIpc) is 2.73. The number of carbonyl (C=O) groups is 3. The number of nitrogens with one attached hydrogen (secondary N) is 1. The molecule has 7 heteroatoms. The summed E-state index contributed by atoms with van der Waals surface area (Å²) >= 11 is 0. The number of Topliss-reactive ketones (excluding diaryl/α,β-unsaturated/α-hetero) is 1. The van der Waals surface area contributed by atoms with E-state index in [-0.39, 0.29) is 24.2 Å². The SMILES string of the molecule is CC(=O)N1CCC2(CC1)CC(=O)c1ccc(OCC(=O)Nc3ccccc3)cc1O2. The Labute approximate surface area is 175 Å². The van der Waals surface area contributed by atoms with E-state index in [0.717, 1.165) is 0 Å². The van der Waals surface area contributed by atoms with Crippen LogP contribution in [-0.4, -0.2) is 47.8 Å². The molecule has 2 amide bonds. The average molecular weight is 408 g/mol. The molecule has 2 aliphatic heterocycles. The van der Waals surface area contributed by atoms with Gasteiger partial charge in [0, 0.05) is 44.6 Å². The molecule has 2 aliphatic rings. The number of nitrogens with zero attached hydrogens (tertiary/aromatic N) is 1. The Morgan fingerprint density at radius 2 is 1.87 bits per heavy atom. The van der Waals surface area contributed by atoms with Crippen LogP contribution in [0.25, 0.3) is 0 Å². The summed E-state index contributed by atoms with van der Waals surface area (Å²) in [4.78, 5) is 38.2. The van der Waals surface area contributed by atoms with E-state index in [1.807, 2.05) is 18.2 Å². The molecule has 2 aromatic carbocycles. The molecule has 1 spiro atoms. The van der Waals surface area contributed by atoms with Gasteiger partial charge in [0.2, 0.25) is 5.91 Å². The van der Waals surface area contributed by atoms with Gasteiger partial charge < -0.3 is 19.7 Å². The van der Waals surface area contributed by atoms with E-state index in [9.17, 15) is 14.4 Å². The summed E-state index contributed by atoms with van der Waals surface area (Å²) in [5.41, 5.74) is 0.638. The van der Waals surface area contributed by atoms with Gasteiger partial charge in [-0.15, -0.1) is 0 Å². The van der Waals surface area contributed by atoms with E-state index in [1.165, 1.54) is 0 Å². The van der Waals surface area contributed by atoms with Gasteiger partial charge in [-0.3, -0.25) is 14.4 Å². The first-order valence-electron chi connectivity index (χ1n) is 10.0. The van der Waals surface area contributed by atoms with Crippen LogP contribution in [0.4, 0.5) is 5.69 Å². The van der Waals surface area contributed by atoms with Gasteiger partial charge in [-0.25, -0.2) is 0 Å². The lowest BCUT2D eigenvalue weighted by atomic mass is 9.82. The minimum absolute atomic E-state index is 0.0286. The first-order valence-corrected chi connectivity index (χ1v) is 10.0. The molecule has 4 rings (SSSR count). The van der Waals surface area contributed by atoms with Crippen LogP contribution < -0.4 is 14.8 Å². The Bertz CT molecular complexity index is 965. The Morgan fingerprint density at radius 1 is 1.13 bits per heavy atom. The fourth-order valence-corrected chi connectivity index (χ4v) is 3.94. The Balaban J connectivity index is 1.41. The van der Waals surface area contributed by atoms with Crippen LogP contribution >= 0.6 is 0 Å². The minimum atomic E-state index is -0.584. The highest BCUT2D eigenvalue weighted by Gasteiger charge is 2.43. The van der Waals surface area contributed by atoms with Crippen LogP contribution in [0, 0.1) is 0 Å². The van der Waals surface area contributed by atoms with Crippen LogP contribution in [0.2, 0.25) is 0 Å². The van der Waals surface area contributed by atoms with E-state index in [2.05, 4.69) is 5.32 Å². The van der Waals surface area contributed by atoms with E-state index in [0.29, 0.717) is 55.1 Å². The molecule has 1 saturated heterocycles. The molecule has 2 heterocycles. The molecule has 0 aliphatic carbocycles. The summed E-state index contributed by atoms with van der Waals surface area (Å²) in [6.45, 7) is 2.56. The van der Waals surface area contributed by atoms with Crippen molar-refractivity contribution in [1.82, 2.24) is 4.90 Å². The molecule has 30 heavy (non-hydrogen) atoms. The second-order valence-corrected chi connectivity index (χ2v) is 7.75. The molecule has 0 atom stereocenters. The summed E-state index contributed by atoms with van der Waals surface area (Å²) in [7, 11) is 0. The predicted octanol–water partition coefficient (Wildman–Crippen LogP) is 3.05. The molecule has 156 valence electrons. The van der Waals surface area contributed by atoms with Crippen LogP contribution in [-0.2, 0) is 9.59 Å². The van der Waals surface area contributed by atoms with Crippen molar-refractivity contribution in [1.29, 1.82) is 0 Å². The number of ether oxygens (including phenoxy) is 2. The maximum atomic E-state index is 12.7. The highest BCUT2D eigenvalue weighted by molar-refractivity contribution is 6.00. The van der Waals surface area contributed by atoms with Crippen LogP contribution in [0.1, 0.15) is 36.5 Å². The number of carbonyl (C=O) groups excluding carboxylic acids is 3. The Hall–Kier alpha value is -3.35. The third-order valence-corrected chi connectivity index (χ3v) is 5.61. The van der Waals surface area contributed by atoms with Crippen molar-refractivity contribution in [3.05, 3.63) is 54.1 Å². The van der Waals surface area contributed by atoms with Gasteiger partial charge in [0.05, 0.1) is 12.0 Å². The van der Waals surface area contributed by atoms with Crippen molar-refractivity contribution >= 4 is 23.3 Å². The highest BCUT2D eigenvalue weighted by Crippen LogP contribution is 2.40. The molecule has 2 aromatic rings. The maximum Gasteiger partial charge on any atom is 0.262 e. The fraction of sp³-hybridized carbons (Fsp3) is 0.348. The van der Waals surface area contributed by atoms with Crippen LogP contribution in [0.5, 0.6) is 11.5 Å². The zero-order valence-corrected chi connectivity index (χ0v) is 16.8. The highest BCUT2D eigenvalue weighted by atomic mass is 16.5. The summed E-state index contributed by atoms with van der Waals surface area (Å²) < 4.78 is 11.9. The smallest absolute Gasteiger partial charge is 0.262 e. The Kier molecular flexibility index (Phi) is 5.44. The number of rotatable bonds is 4. The van der Waals surface area contributed by atoms with Crippen LogP contribution in [0.3, 0.4) is 0 Å². The van der Waals surface area contributed by atoms with Crippen molar-refractivity contribution in [2.45, 2.75) is 31.8 Å². The van der Waals surface area contributed by atoms with E-state index < -0.39 is 5.60 Å². The lowest BCUT2D eigenvalue weighted by molar-refractivity contribution is -0.132. The molecule has 0 radical (unpaired) electrons. The van der Waals surface area contributed by atoms with Gasteiger partial charge in [-0.05, 0) is 24.3 Å². The van der Waals surface area contributed by atoms with Crippen molar-refractivity contribution in [2.75, 3.05) is 25.0 Å². The predicted molar refractivity (Wildman–Crippen MR) is 111 cm³/mol. The van der Waals surface area contributed by atoms with E-state index in [4.69, 9.17) is 9.47 Å². The lowest BCUT2D eigenvalue weighted by Gasteiger charge is -2.43. The van der Waals surface area contributed by atoms with Gasteiger partial charge in [-0.2, -0.15) is 0 Å². The number of para-hydroxylation sites is 1. The number of benzene rings is 2. The lowest BCUT2D eigenvalue weighted by Crippen LogP contribution is -2.51. The number of ketones is 1. The molecule has 1 N–H and O–H groups in total. The zero-order chi connectivity index (χ0) is 21.1. The van der Waals surface area contributed by atoms with Crippen molar-refractivity contribution < 1.29 is 23.9 Å². The van der Waals surface area contributed by atoms with E-state index >= 15 is 0 Å². The standard InChI is InChI=1S/C23H24N2O5/c1-16(26)25-11-9-23(10-12-25)14-20(27)19-8-7-18(13-21(19)30-23)29-15-22(28)24-17-5-3-2-4-6-17/h2-8,13H,9-12,14-15H2,1H3,(H,24,28). The molecule has 1 fully saturated rings. The largest absolute Gasteiger partial charge is 0.486 e. The summed E-state index contributed by atoms with van der Waals surface area (Å²) in [5, 5.41) is 2.76. The molecular formula is C23H24N2O5. The topological polar surface area (TPSA) is 84.9 Å². The monoisotopic (exact) mass is 408 g/mol. The number of amides is 2. The van der Waals surface area contributed by atoms with Gasteiger partial charge in [0.1, 0.15) is 17.1 Å². The Morgan fingerprint density at radius 3 is 2.57 bits per heavy atom. The van der Waals surface area contributed by atoms with Gasteiger partial charge in [0.25, 0.3) is 5.91 Å². The molecule has 0 unspecified atom stereocenters. The van der Waals surface area contributed by atoms with E-state index in [1.54, 1.807) is 42.2 Å². The summed E-state index contributed by atoms with van der Waals surface area (Å²) in [6.07, 6.45) is 1.54. The summed E-state index contributed by atoms with van der Waals surface area (Å²) in [6, 6.07) is 14.2. The van der Waals surface area contributed by atoms with Gasteiger partial charge in [-0.1, -0.05) is 18.2 Å². The first-order chi connectivity index (χ1) is 14.4. The summed E-state index contributed by atoms with van der Waals surface area (Å²) in [5.74, 6) is 0.730. The van der Waals surface area contributed by atoms with Crippen molar-refractivity contribution in [3.8, 4) is 11.5 Å². The normalized spacial score (nSPS) is 17.1. The minimum Gasteiger partial charge on any atom is -0.486 e. The number of anilines is 1. The molecule has 0 saturated carbocycles. The number of hydrogen-bond acceptors (Lipinski definition) is 5. The van der Waals surface area contributed by atoms with Crippen molar-refractivity contribution in [3.63, 3.8) is 0 Å². The van der Waals surface area contributed by atoms with Crippen LogP contribution in [0.15, 0.2) is 48.5 Å². The third kappa shape index (κ3) is 4.30. The maximum absolute atomic E-state index is 12.7. The number of piperidine rings is 1. The fourth-order valence-electron chi connectivity index (χ4n) is 3.94. The second-order valence-electron chi connectivity index (χ2n) is 7.75. The molecule has 0 bridgehead atoms. The number of fused-ring (bicyclic) bond motifs is 1.